The number of carbonyl (C=O) groups excluding carboxylic acids is 1. The number of anilines is 2. The maximum Gasteiger partial charge on any atom is 0.185 e. The van der Waals surface area contributed by atoms with Gasteiger partial charge in [0, 0.05) is 49.7 Å². The van der Waals surface area contributed by atoms with Gasteiger partial charge >= 0.3 is 0 Å². The predicted octanol–water partition coefficient (Wildman–Crippen LogP) is 6.21. The van der Waals surface area contributed by atoms with E-state index < -0.39 is 0 Å². The smallest absolute Gasteiger partial charge is 0.185 e. The van der Waals surface area contributed by atoms with Crippen molar-refractivity contribution in [3.8, 4) is 0 Å². The quantitative estimate of drug-likeness (QED) is 0.491. The van der Waals surface area contributed by atoms with Gasteiger partial charge in [-0.25, -0.2) is 0 Å². The van der Waals surface area contributed by atoms with E-state index in [-0.39, 0.29) is 5.78 Å². The molecule has 2 aromatic carbocycles. The monoisotopic (exact) mass is 402 g/mol. The summed E-state index contributed by atoms with van der Waals surface area (Å²) in [5, 5.41) is 0. The highest BCUT2D eigenvalue weighted by Gasteiger charge is 2.22. The Kier molecular flexibility index (Phi) is 7.51. The molecule has 1 aliphatic carbocycles. The SMILES string of the molecule is CCCN(C)c1ccc(/C=C2\CC/C(=C\c3ccc(N(C)CCC)cc3)C2=O)cc1. The number of hydrogen-bond acceptors (Lipinski definition) is 3. The van der Waals surface area contributed by atoms with Gasteiger partial charge in [-0.15, -0.1) is 0 Å². The van der Waals surface area contributed by atoms with Gasteiger partial charge < -0.3 is 9.80 Å². The zero-order valence-corrected chi connectivity index (χ0v) is 18.8. The average Bonchev–Trinajstić information content (AvgIpc) is 3.09. The first-order valence-electron chi connectivity index (χ1n) is 11.1. The molecule has 3 heteroatoms. The van der Waals surface area contributed by atoms with E-state index in [0.717, 1.165) is 61.0 Å². The fraction of sp³-hybridized carbons (Fsp3) is 0.370. The van der Waals surface area contributed by atoms with Crippen LogP contribution in [0.4, 0.5) is 11.4 Å². The Morgan fingerprint density at radius 1 is 0.700 bits per heavy atom. The second kappa shape index (κ2) is 10.3. The third-order valence-electron chi connectivity index (χ3n) is 5.71. The van der Waals surface area contributed by atoms with E-state index in [4.69, 9.17) is 0 Å². The van der Waals surface area contributed by atoms with Crippen LogP contribution >= 0.6 is 0 Å². The van der Waals surface area contributed by atoms with Crippen LogP contribution in [0.15, 0.2) is 59.7 Å². The standard InChI is InChI=1S/C27H34N2O/c1-5-17-28(3)25-13-7-21(8-14-25)19-23-11-12-24(27(23)30)20-22-9-15-26(16-10-22)29(4)18-6-2/h7-10,13-16,19-20H,5-6,11-12,17-18H2,1-4H3/b23-19+,24-20+. The van der Waals surface area contributed by atoms with E-state index in [1.165, 1.54) is 11.4 Å². The molecule has 0 saturated heterocycles. The lowest BCUT2D eigenvalue weighted by molar-refractivity contribution is -0.111. The highest BCUT2D eigenvalue weighted by molar-refractivity contribution is 6.15. The van der Waals surface area contributed by atoms with Crippen LogP contribution in [0.2, 0.25) is 0 Å². The number of allylic oxidation sites excluding steroid dienone is 2. The highest BCUT2D eigenvalue weighted by Crippen LogP contribution is 2.30. The minimum Gasteiger partial charge on any atom is -0.375 e. The van der Waals surface area contributed by atoms with Crippen molar-refractivity contribution in [1.29, 1.82) is 0 Å². The third-order valence-corrected chi connectivity index (χ3v) is 5.71. The van der Waals surface area contributed by atoms with E-state index in [0.29, 0.717) is 0 Å². The molecule has 0 aliphatic heterocycles. The molecule has 0 aromatic heterocycles. The lowest BCUT2D eigenvalue weighted by Crippen LogP contribution is -2.17. The maximum atomic E-state index is 12.9. The zero-order valence-electron chi connectivity index (χ0n) is 18.8. The average molecular weight is 403 g/mol. The molecule has 0 bridgehead atoms. The van der Waals surface area contributed by atoms with Gasteiger partial charge in [0.2, 0.25) is 0 Å². The number of hydrogen-bond donors (Lipinski definition) is 0. The molecule has 30 heavy (non-hydrogen) atoms. The van der Waals surface area contributed by atoms with Crippen LogP contribution in [0.1, 0.15) is 50.7 Å². The second-order valence-electron chi connectivity index (χ2n) is 8.19. The Morgan fingerprint density at radius 2 is 1.07 bits per heavy atom. The van der Waals surface area contributed by atoms with Gasteiger partial charge in [-0.05, 0) is 73.2 Å². The van der Waals surface area contributed by atoms with Crippen LogP contribution in [0, 0.1) is 0 Å². The zero-order chi connectivity index (χ0) is 21.5. The molecule has 0 atom stereocenters. The van der Waals surface area contributed by atoms with Crippen molar-refractivity contribution in [2.45, 2.75) is 39.5 Å². The van der Waals surface area contributed by atoms with Crippen molar-refractivity contribution in [1.82, 2.24) is 0 Å². The maximum absolute atomic E-state index is 12.9. The highest BCUT2D eigenvalue weighted by atomic mass is 16.1. The molecular weight excluding hydrogens is 368 g/mol. The van der Waals surface area contributed by atoms with E-state index in [1.807, 2.05) is 0 Å². The topological polar surface area (TPSA) is 23.6 Å². The Balaban J connectivity index is 1.69. The number of rotatable bonds is 8. The summed E-state index contributed by atoms with van der Waals surface area (Å²) in [6.07, 6.45) is 8.00. The Hall–Kier alpha value is -2.81. The van der Waals surface area contributed by atoms with Crippen LogP contribution < -0.4 is 9.80 Å². The summed E-state index contributed by atoms with van der Waals surface area (Å²) in [7, 11) is 4.23. The third kappa shape index (κ3) is 5.41. The summed E-state index contributed by atoms with van der Waals surface area (Å²) in [5.74, 6) is 0.189. The molecule has 3 nitrogen and oxygen atoms in total. The van der Waals surface area contributed by atoms with Crippen LogP contribution in [0.25, 0.3) is 12.2 Å². The summed E-state index contributed by atoms with van der Waals surface area (Å²) in [6.45, 7) is 6.46. The molecule has 0 heterocycles. The van der Waals surface area contributed by atoms with Crippen LogP contribution in [0.3, 0.4) is 0 Å². The molecule has 0 amide bonds. The van der Waals surface area contributed by atoms with Crippen molar-refractivity contribution < 1.29 is 4.79 Å². The largest absolute Gasteiger partial charge is 0.375 e. The number of nitrogens with zero attached hydrogens (tertiary/aromatic N) is 2. The van der Waals surface area contributed by atoms with Gasteiger partial charge in [-0.3, -0.25) is 4.79 Å². The summed E-state index contributed by atoms with van der Waals surface area (Å²) in [5.41, 5.74) is 6.44. The molecule has 0 spiro atoms. The molecule has 0 N–H and O–H groups in total. The van der Waals surface area contributed by atoms with Gasteiger partial charge in [0.05, 0.1) is 0 Å². The Morgan fingerprint density at radius 3 is 1.40 bits per heavy atom. The molecule has 0 unspecified atom stereocenters. The van der Waals surface area contributed by atoms with Crippen molar-refractivity contribution >= 4 is 29.3 Å². The van der Waals surface area contributed by atoms with Crippen molar-refractivity contribution in [3.63, 3.8) is 0 Å². The molecule has 158 valence electrons. The van der Waals surface area contributed by atoms with Gasteiger partial charge in [0.15, 0.2) is 5.78 Å². The summed E-state index contributed by atoms with van der Waals surface area (Å²) < 4.78 is 0. The normalized spacial score (nSPS) is 16.5. The summed E-state index contributed by atoms with van der Waals surface area (Å²) in [6, 6.07) is 17.0. The Labute approximate surface area is 181 Å². The van der Waals surface area contributed by atoms with E-state index in [2.05, 4.69) is 98.4 Å². The molecule has 3 rings (SSSR count). The first kappa shape index (κ1) is 21.9. The van der Waals surface area contributed by atoms with Crippen LogP contribution in [-0.2, 0) is 4.79 Å². The molecule has 1 fully saturated rings. The van der Waals surface area contributed by atoms with Crippen LogP contribution in [0.5, 0.6) is 0 Å². The Bertz CT molecular complexity index is 831. The molecular formula is C27H34N2O. The van der Waals surface area contributed by atoms with E-state index in [1.54, 1.807) is 0 Å². The van der Waals surface area contributed by atoms with Crippen molar-refractivity contribution in [3.05, 3.63) is 70.8 Å². The van der Waals surface area contributed by atoms with Crippen molar-refractivity contribution in [2.75, 3.05) is 37.0 Å². The molecule has 0 radical (unpaired) electrons. The van der Waals surface area contributed by atoms with E-state index in [9.17, 15) is 4.79 Å². The van der Waals surface area contributed by atoms with Gasteiger partial charge in [-0.2, -0.15) is 0 Å². The lowest BCUT2D eigenvalue weighted by Gasteiger charge is -2.18. The number of Topliss-reactive ketones (excluding diaryl/α,β-unsaturated/α-hetero) is 1. The fourth-order valence-corrected chi connectivity index (χ4v) is 3.96. The minimum atomic E-state index is 0.189. The van der Waals surface area contributed by atoms with Gasteiger partial charge in [-0.1, -0.05) is 38.1 Å². The first-order chi connectivity index (χ1) is 14.5. The molecule has 1 saturated carbocycles. The van der Waals surface area contributed by atoms with E-state index >= 15 is 0 Å². The molecule has 2 aromatic rings. The van der Waals surface area contributed by atoms with Gasteiger partial charge in [0.25, 0.3) is 0 Å². The fourth-order valence-electron chi connectivity index (χ4n) is 3.96. The number of benzene rings is 2. The first-order valence-corrected chi connectivity index (χ1v) is 11.1. The second-order valence-corrected chi connectivity index (χ2v) is 8.19. The summed E-state index contributed by atoms with van der Waals surface area (Å²) >= 11 is 0. The van der Waals surface area contributed by atoms with Gasteiger partial charge in [0.1, 0.15) is 0 Å². The summed E-state index contributed by atoms with van der Waals surface area (Å²) in [4.78, 5) is 17.4. The van der Waals surface area contributed by atoms with Crippen molar-refractivity contribution in [2.24, 2.45) is 0 Å². The predicted molar refractivity (Wildman–Crippen MR) is 130 cm³/mol. The van der Waals surface area contributed by atoms with Crippen LogP contribution in [-0.4, -0.2) is 33.0 Å². The lowest BCUT2D eigenvalue weighted by atomic mass is 10.1. The number of carbonyl (C=O) groups is 1. The minimum absolute atomic E-state index is 0.189. The number of ketones is 1. The molecule has 1 aliphatic rings.